The van der Waals surface area contributed by atoms with Crippen LogP contribution in [0.2, 0.25) is 0 Å². The Labute approximate surface area is 160 Å². The van der Waals surface area contributed by atoms with Crippen LogP contribution in [0.25, 0.3) is 5.57 Å². The summed E-state index contributed by atoms with van der Waals surface area (Å²) < 4.78 is 5.73. The van der Waals surface area contributed by atoms with Crippen LogP contribution in [0.1, 0.15) is 11.3 Å². The number of rotatable bonds is 4. The number of nitrogens with zero attached hydrogens (tertiary/aromatic N) is 2. The van der Waals surface area contributed by atoms with Crippen LogP contribution in [0.5, 0.6) is 0 Å². The number of carbonyl (C=O) groups is 2. The van der Waals surface area contributed by atoms with Crippen molar-refractivity contribution < 1.29 is 14.0 Å². The number of amides is 2. The third kappa shape index (κ3) is 2.60. The van der Waals surface area contributed by atoms with Gasteiger partial charge in [-0.1, -0.05) is 48.3 Å². The minimum absolute atomic E-state index is 0.204. The molecule has 5 nitrogen and oxygen atoms in total. The van der Waals surface area contributed by atoms with Gasteiger partial charge in [0.1, 0.15) is 10.1 Å². The Morgan fingerprint density at radius 3 is 2.65 bits per heavy atom. The molecule has 0 bridgehead atoms. The Morgan fingerprint density at radius 2 is 1.92 bits per heavy atom. The summed E-state index contributed by atoms with van der Waals surface area (Å²) in [6.07, 6.45) is 3.22. The van der Waals surface area contributed by atoms with Gasteiger partial charge in [-0.3, -0.25) is 14.5 Å². The molecule has 0 saturated carbocycles. The first-order valence-corrected chi connectivity index (χ1v) is 9.16. The van der Waals surface area contributed by atoms with Gasteiger partial charge >= 0.3 is 0 Å². The van der Waals surface area contributed by atoms with E-state index in [-0.39, 0.29) is 18.4 Å². The Morgan fingerprint density at radius 1 is 1.12 bits per heavy atom. The fourth-order valence-corrected chi connectivity index (χ4v) is 4.38. The summed E-state index contributed by atoms with van der Waals surface area (Å²) in [5, 5.41) is 0. The minimum atomic E-state index is -0.269. The van der Waals surface area contributed by atoms with Crippen molar-refractivity contribution in [1.82, 2.24) is 4.90 Å². The van der Waals surface area contributed by atoms with E-state index in [4.69, 9.17) is 16.6 Å². The Kier molecular flexibility index (Phi) is 4.26. The molecule has 130 valence electrons. The topological polar surface area (TPSA) is 53.8 Å². The zero-order valence-electron chi connectivity index (χ0n) is 13.7. The lowest BCUT2D eigenvalue weighted by Gasteiger charge is -2.14. The molecule has 1 aromatic carbocycles. The average Bonchev–Trinajstić information content (AvgIpc) is 3.31. The molecule has 0 radical (unpaired) electrons. The van der Waals surface area contributed by atoms with E-state index in [2.05, 4.69) is 6.58 Å². The molecule has 4 rings (SSSR count). The first-order chi connectivity index (χ1) is 12.6. The molecule has 0 aliphatic carbocycles. The number of hydrogen-bond acceptors (Lipinski definition) is 5. The molecule has 0 N–H and O–H groups in total. The van der Waals surface area contributed by atoms with Crippen molar-refractivity contribution in [3.63, 3.8) is 0 Å². The van der Waals surface area contributed by atoms with Gasteiger partial charge in [-0.25, -0.2) is 0 Å². The van der Waals surface area contributed by atoms with Crippen LogP contribution in [0.15, 0.2) is 64.6 Å². The number of para-hydroxylation sites is 1. The van der Waals surface area contributed by atoms with Crippen LogP contribution >= 0.6 is 24.0 Å². The van der Waals surface area contributed by atoms with Gasteiger partial charge in [-0.2, -0.15) is 0 Å². The molecule has 2 aromatic rings. The average molecular weight is 382 g/mol. The molecule has 26 heavy (non-hydrogen) atoms. The van der Waals surface area contributed by atoms with E-state index in [1.165, 1.54) is 4.90 Å². The number of thioether (sulfide) groups is 1. The van der Waals surface area contributed by atoms with Gasteiger partial charge in [0.05, 0.1) is 29.0 Å². The smallest absolute Gasteiger partial charge is 0.267 e. The van der Waals surface area contributed by atoms with E-state index in [9.17, 15) is 9.59 Å². The van der Waals surface area contributed by atoms with Crippen LogP contribution in [0, 0.1) is 0 Å². The molecule has 1 saturated heterocycles. The molecule has 2 aliphatic heterocycles. The lowest BCUT2D eigenvalue weighted by atomic mass is 10.1. The molecule has 0 unspecified atom stereocenters. The van der Waals surface area contributed by atoms with Crippen molar-refractivity contribution >= 4 is 51.4 Å². The Hall–Kier alpha value is -2.64. The van der Waals surface area contributed by atoms with E-state index in [1.807, 2.05) is 24.3 Å². The van der Waals surface area contributed by atoms with Gasteiger partial charge in [0.15, 0.2) is 0 Å². The summed E-state index contributed by atoms with van der Waals surface area (Å²) in [6, 6.07) is 11.0. The zero-order valence-corrected chi connectivity index (χ0v) is 15.3. The molecule has 0 atom stereocenters. The van der Waals surface area contributed by atoms with E-state index >= 15 is 0 Å². The molecule has 7 heteroatoms. The van der Waals surface area contributed by atoms with Crippen LogP contribution in [0.4, 0.5) is 5.69 Å². The predicted octanol–water partition coefficient (Wildman–Crippen LogP) is 3.58. The molecule has 1 fully saturated rings. The maximum atomic E-state index is 13.0. The second kappa shape index (κ2) is 6.59. The van der Waals surface area contributed by atoms with Crippen molar-refractivity contribution in [3.8, 4) is 0 Å². The van der Waals surface area contributed by atoms with Gasteiger partial charge in [-0.15, -0.1) is 6.58 Å². The van der Waals surface area contributed by atoms with Crippen molar-refractivity contribution in [2.45, 2.75) is 6.54 Å². The van der Waals surface area contributed by atoms with Gasteiger partial charge in [0.25, 0.3) is 11.8 Å². The number of fused-ring (bicyclic) bond motifs is 1. The predicted molar refractivity (Wildman–Crippen MR) is 105 cm³/mol. The summed E-state index contributed by atoms with van der Waals surface area (Å²) in [6.45, 7) is 4.35. The summed E-state index contributed by atoms with van der Waals surface area (Å²) in [4.78, 5) is 29.4. The van der Waals surface area contributed by atoms with Crippen LogP contribution in [-0.4, -0.2) is 27.6 Å². The third-order valence-corrected chi connectivity index (χ3v) is 5.65. The van der Waals surface area contributed by atoms with Crippen molar-refractivity contribution in [2.24, 2.45) is 0 Å². The number of furan rings is 1. The highest BCUT2D eigenvalue weighted by molar-refractivity contribution is 8.26. The number of anilines is 1. The first-order valence-electron chi connectivity index (χ1n) is 7.94. The molecule has 2 amide bonds. The summed E-state index contributed by atoms with van der Waals surface area (Å²) in [5.41, 5.74) is 1.93. The standard InChI is InChI=1S/C19H14N2O3S2/c1-2-9-20-14-8-4-3-7-13(14)15(17(20)22)16-18(23)21(19(25)26-16)11-12-6-5-10-24-12/h2-8,10H,1,9,11H2. The Balaban J connectivity index is 1.77. The van der Waals surface area contributed by atoms with Crippen molar-refractivity contribution in [2.75, 3.05) is 11.4 Å². The highest BCUT2D eigenvalue weighted by Crippen LogP contribution is 2.44. The molecular formula is C19H14N2O3S2. The highest BCUT2D eigenvalue weighted by Gasteiger charge is 2.41. The van der Waals surface area contributed by atoms with Crippen LogP contribution in [-0.2, 0) is 16.1 Å². The molecular weight excluding hydrogens is 368 g/mol. The highest BCUT2D eigenvalue weighted by atomic mass is 32.2. The van der Waals surface area contributed by atoms with Gasteiger partial charge in [0.2, 0.25) is 0 Å². The lowest BCUT2D eigenvalue weighted by Crippen LogP contribution is -2.29. The second-order valence-electron chi connectivity index (χ2n) is 5.76. The molecule has 3 heterocycles. The maximum absolute atomic E-state index is 13.0. The normalized spacial score (nSPS) is 19.5. The molecule has 0 spiro atoms. The monoisotopic (exact) mass is 382 g/mol. The minimum Gasteiger partial charge on any atom is -0.467 e. The fourth-order valence-electron chi connectivity index (χ4n) is 3.05. The summed E-state index contributed by atoms with van der Waals surface area (Å²) in [7, 11) is 0. The number of carbonyl (C=O) groups excluding carboxylic acids is 2. The number of thiocarbonyl (C=S) groups is 1. The fraction of sp³-hybridized carbons (Fsp3) is 0.105. The van der Waals surface area contributed by atoms with Crippen molar-refractivity contribution in [1.29, 1.82) is 0 Å². The van der Waals surface area contributed by atoms with Crippen molar-refractivity contribution in [3.05, 3.63) is 71.5 Å². The molecule has 2 aliphatic rings. The van der Waals surface area contributed by atoms with Crippen LogP contribution < -0.4 is 4.90 Å². The largest absolute Gasteiger partial charge is 0.467 e. The second-order valence-corrected chi connectivity index (χ2v) is 7.41. The van der Waals surface area contributed by atoms with E-state index < -0.39 is 0 Å². The zero-order chi connectivity index (χ0) is 18.3. The first kappa shape index (κ1) is 16.8. The van der Waals surface area contributed by atoms with Gasteiger partial charge in [0, 0.05) is 12.1 Å². The van der Waals surface area contributed by atoms with Crippen LogP contribution in [0.3, 0.4) is 0 Å². The van der Waals surface area contributed by atoms with Gasteiger partial charge < -0.3 is 9.32 Å². The number of hydrogen-bond donors (Lipinski definition) is 0. The summed E-state index contributed by atoms with van der Waals surface area (Å²) in [5.74, 6) is 0.165. The number of benzene rings is 1. The summed E-state index contributed by atoms with van der Waals surface area (Å²) >= 11 is 6.53. The van der Waals surface area contributed by atoms with Gasteiger partial charge in [-0.05, 0) is 18.2 Å². The van der Waals surface area contributed by atoms with E-state index in [0.29, 0.717) is 27.1 Å². The third-order valence-electron chi connectivity index (χ3n) is 4.21. The maximum Gasteiger partial charge on any atom is 0.267 e. The molecule has 1 aromatic heterocycles. The Bertz CT molecular complexity index is 963. The lowest BCUT2D eigenvalue weighted by molar-refractivity contribution is -0.123. The van der Waals surface area contributed by atoms with E-state index in [0.717, 1.165) is 23.0 Å². The van der Waals surface area contributed by atoms with E-state index in [1.54, 1.807) is 29.4 Å². The SMILES string of the molecule is C=CCN1C(=O)C(=C2SC(=S)N(Cc3ccco3)C2=O)c2ccccc21. The quantitative estimate of drug-likeness (QED) is 0.460.